The highest BCUT2D eigenvalue weighted by molar-refractivity contribution is 7.47. The van der Waals surface area contributed by atoms with Crippen LogP contribution in [0.1, 0.15) is 335 Å². The molecule has 0 heterocycles. The van der Waals surface area contributed by atoms with Crippen LogP contribution in [0.2, 0.25) is 0 Å². The van der Waals surface area contributed by atoms with Gasteiger partial charge in [0.2, 0.25) is 0 Å². The molecule has 10 heteroatoms. The molecule has 0 saturated heterocycles. The van der Waals surface area contributed by atoms with E-state index in [0.29, 0.717) is 17.4 Å². The molecule has 2 atom stereocenters. The number of ether oxygens (including phenoxy) is 2. The number of nitrogens with zero attached hydrogens (tertiary/aromatic N) is 1. The molecule has 0 bridgehead atoms. The van der Waals surface area contributed by atoms with E-state index in [2.05, 4.69) is 111 Å². The van der Waals surface area contributed by atoms with Crippen LogP contribution in [-0.4, -0.2) is 74.9 Å². The molecule has 0 aromatic rings. The number of allylic oxidation sites excluding steroid dienone is 16. The average molecular weight is 1250 g/mol. The average Bonchev–Trinajstić information content (AvgIpc) is 3.60. The van der Waals surface area contributed by atoms with E-state index in [1.54, 1.807) is 0 Å². The molecule has 0 aliphatic carbocycles. The van der Waals surface area contributed by atoms with Gasteiger partial charge >= 0.3 is 19.8 Å². The van der Waals surface area contributed by atoms with Crippen molar-refractivity contribution in [2.24, 2.45) is 0 Å². The number of esters is 2. The third-order valence-corrected chi connectivity index (χ3v) is 17.1. The minimum absolute atomic E-state index is 0.0194. The monoisotopic (exact) mass is 1250 g/mol. The predicted molar refractivity (Wildman–Crippen MR) is 381 cm³/mol. The summed E-state index contributed by atoms with van der Waals surface area (Å²) in [6, 6.07) is 0. The Hall–Kier alpha value is -3.07. The van der Waals surface area contributed by atoms with Gasteiger partial charge in [0.15, 0.2) is 6.10 Å². The van der Waals surface area contributed by atoms with E-state index in [0.717, 1.165) is 83.5 Å². The SMILES string of the molecule is CC/C=C\C/C=C\C/C=C\C/C=C\C/C=C\C/C=C\C/C=C\C/C=C\CCCCC(=O)OC(COC(=O)CCCCCCCCCCCCCCCCCCCCCCCCCCCCCCCCCCCCCCC)COP(=O)(O)OCC[N+](C)(C)C. The number of rotatable bonds is 68. The second-order valence-corrected chi connectivity index (χ2v) is 27.4. The van der Waals surface area contributed by atoms with E-state index in [-0.39, 0.29) is 32.0 Å². The lowest BCUT2D eigenvalue weighted by atomic mass is 10.0. The lowest BCUT2D eigenvalue weighted by Crippen LogP contribution is -2.37. The maximum absolute atomic E-state index is 12.9. The van der Waals surface area contributed by atoms with Gasteiger partial charge in [0, 0.05) is 12.8 Å². The van der Waals surface area contributed by atoms with Gasteiger partial charge in [-0.25, -0.2) is 4.57 Å². The Bertz CT molecular complexity index is 1810. The van der Waals surface area contributed by atoms with Crippen molar-refractivity contribution in [2.75, 3.05) is 47.5 Å². The van der Waals surface area contributed by atoms with Crippen LogP contribution < -0.4 is 0 Å². The minimum Gasteiger partial charge on any atom is -0.462 e. The molecule has 0 amide bonds. The molecule has 0 aromatic carbocycles. The van der Waals surface area contributed by atoms with Gasteiger partial charge < -0.3 is 18.9 Å². The van der Waals surface area contributed by atoms with Gasteiger partial charge in [-0.05, 0) is 77.0 Å². The standard InChI is InChI=1S/C78H140NO8P/c1-6-8-10-12-14-16-18-20-22-24-26-28-30-32-34-35-36-37-38-39-40-41-42-43-45-46-48-50-52-54-56-58-60-62-64-66-68-70-77(80)84-74-76(75-86-88(82,83)85-73-72-79(3,4)5)87-78(81)71-69-67-65-63-61-59-57-55-53-51-49-47-44-33-31-29-27-25-23-21-19-17-15-13-11-9-7-2/h9,11,15,17,21,23,27,29,33,44,49,51,55,57,61,63,76H,6-8,10,12-14,16,18-20,22,24-26,28,30-32,34-43,45-48,50,52-54,56,58-60,62,64-75H2,1-5H3/p+1/b11-9-,17-15-,23-21-,29-27-,44-33-,51-49-,57-55-,63-61-. The lowest BCUT2D eigenvalue weighted by molar-refractivity contribution is -0.870. The second kappa shape index (κ2) is 68.3. The number of carbonyl (C=O) groups excluding carboxylic acids is 2. The first kappa shape index (κ1) is 84.9. The van der Waals surface area contributed by atoms with Crippen molar-refractivity contribution in [2.45, 2.75) is 341 Å². The Labute approximate surface area is 544 Å². The van der Waals surface area contributed by atoms with Crippen LogP contribution in [-0.2, 0) is 32.7 Å². The second-order valence-electron chi connectivity index (χ2n) is 26.0. The molecule has 0 spiro atoms. The zero-order valence-corrected chi connectivity index (χ0v) is 59.1. The van der Waals surface area contributed by atoms with Crippen LogP contribution >= 0.6 is 7.82 Å². The molecule has 2 unspecified atom stereocenters. The number of carbonyl (C=O) groups is 2. The Morgan fingerprint density at radius 2 is 0.648 bits per heavy atom. The maximum atomic E-state index is 12.9. The van der Waals surface area contributed by atoms with Crippen molar-refractivity contribution >= 4 is 19.8 Å². The van der Waals surface area contributed by atoms with Crippen LogP contribution in [0.5, 0.6) is 0 Å². The summed E-state index contributed by atoms with van der Waals surface area (Å²) in [5.41, 5.74) is 0. The Morgan fingerprint density at radius 1 is 0.364 bits per heavy atom. The first-order valence-corrected chi connectivity index (χ1v) is 38.5. The Morgan fingerprint density at radius 3 is 0.966 bits per heavy atom. The van der Waals surface area contributed by atoms with Crippen LogP contribution in [0.15, 0.2) is 97.2 Å². The fraction of sp³-hybridized carbons (Fsp3) is 0.769. The lowest BCUT2D eigenvalue weighted by Gasteiger charge is -2.24. The largest absolute Gasteiger partial charge is 0.472 e. The maximum Gasteiger partial charge on any atom is 0.472 e. The topological polar surface area (TPSA) is 108 Å². The third kappa shape index (κ3) is 72.0. The van der Waals surface area contributed by atoms with Crippen LogP contribution in [0.4, 0.5) is 0 Å². The molecule has 0 aromatic heterocycles. The van der Waals surface area contributed by atoms with Gasteiger partial charge in [0.1, 0.15) is 19.8 Å². The van der Waals surface area contributed by atoms with Crippen molar-refractivity contribution in [1.82, 2.24) is 0 Å². The quantitative estimate of drug-likeness (QED) is 0.0211. The van der Waals surface area contributed by atoms with Crippen molar-refractivity contribution in [1.29, 1.82) is 0 Å². The minimum atomic E-state index is -4.41. The smallest absolute Gasteiger partial charge is 0.462 e. The van der Waals surface area contributed by atoms with Crippen LogP contribution in [0.25, 0.3) is 0 Å². The van der Waals surface area contributed by atoms with Gasteiger partial charge in [-0.3, -0.25) is 18.6 Å². The molecule has 1 N–H and O–H groups in total. The van der Waals surface area contributed by atoms with Crippen molar-refractivity contribution < 1.29 is 42.1 Å². The molecule has 0 aliphatic heterocycles. The number of hydrogen-bond donors (Lipinski definition) is 1. The van der Waals surface area contributed by atoms with Crippen molar-refractivity contribution in [3.63, 3.8) is 0 Å². The molecule has 0 radical (unpaired) electrons. The summed E-state index contributed by atoms with van der Waals surface area (Å²) in [7, 11) is 1.45. The molecule has 88 heavy (non-hydrogen) atoms. The highest BCUT2D eigenvalue weighted by atomic mass is 31.2. The van der Waals surface area contributed by atoms with Gasteiger partial charge in [-0.1, -0.05) is 342 Å². The zero-order valence-electron chi connectivity index (χ0n) is 58.2. The number of phosphoric ester groups is 1. The van der Waals surface area contributed by atoms with Gasteiger partial charge in [0.05, 0.1) is 27.7 Å². The van der Waals surface area contributed by atoms with E-state index in [1.807, 2.05) is 21.1 Å². The van der Waals surface area contributed by atoms with Gasteiger partial charge in [-0.2, -0.15) is 0 Å². The summed E-state index contributed by atoms with van der Waals surface area (Å²) in [6.45, 7) is 4.30. The Balaban J connectivity index is 4.03. The van der Waals surface area contributed by atoms with E-state index >= 15 is 0 Å². The first-order valence-electron chi connectivity index (χ1n) is 37.0. The number of quaternary nitrogens is 1. The number of hydrogen-bond acceptors (Lipinski definition) is 7. The number of phosphoric acid groups is 1. The van der Waals surface area contributed by atoms with Crippen molar-refractivity contribution in [3.8, 4) is 0 Å². The van der Waals surface area contributed by atoms with E-state index in [9.17, 15) is 19.0 Å². The molecule has 0 fully saturated rings. The van der Waals surface area contributed by atoms with E-state index in [4.69, 9.17) is 18.5 Å². The molecular formula is C78H141NO8P+. The predicted octanol–water partition coefficient (Wildman–Crippen LogP) is 24.3. The molecule has 0 saturated carbocycles. The summed E-state index contributed by atoms with van der Waals surface area (Å²) < 4.78 is 34.7. The fourth-order valence-electron chi connectivity index (χ4n) is 10.5. The Kier molecular flexibility index (Phi) is 65.9. The molecule has 510 valence electrons. The van der Waals surface area contributed by atoms with E-state index < -0.39 is 26.5 Å². The highest BCUT2D eigenvalue weighted by Crippen LogP contribution is 2.43. The molecule has 0 rings (SSSR count). The normalized spacial score (nSPS) is 13.7. The summed E-state index contributed by atoms with van der Waals surface area (Å²) in [4.78, 5) is 35.9. The van der Waals surface area contributed by atoms with Crippen LogP contribution in [0, 0.1) is 0 Å². The van der Waals surface area contributed by atoms with Gasteiger partial charge in [-0.15, -0.1) is 0 Å². The molecular weight excluding hydrogens is 1110 g/mol. The zero-order chi connectivity index (χ0) is 64.1. The molecule has 9 nitrogen and oxygen atoms in total. The number of likely N-dealkylation sites (N-methyl/N-ethyl adjacent to an activating group) is 1. The van der Waals surface area contributed by atoms with Gasteiger partial charge in [0.25, 0.3) is 0 Å². The van der Waals surface area contributed by atoms with Crippen molar-refractivity contribution in [3.05, 3.63) is 97.2 Å². The summed E-state index contributed by atoms with van der Waals surface area (Å²) in [6.07, 6.45) is 95.5. The fourth-order valence-corrected chi connectivity index (χ4v) is 11.2. The molecule has 0 aliphatic rings. The summed E-state index contributed by atoms with van der Waals surface area (Å²) >= 11 is 0. The third-order valence-electron chi connectivity index (χ3n) is 16.1. The summed E-state index contributed by atoms with van der Waals surface area (Å²) in [5, 5.41) is 0. The number of unbranched alkanes of at least 4 members (excludes halogenated alkanes) is 38. The first-order chi connectivity index (χ1) is 43.0. The highest BCUT2D eigenvalue weighted by Gasteiger charge is 2.27. The van der Waals surface area contributed by atoms with E-state index in [1.165, 1.54) is 218 Å². The van der Waals surface area contributed by atoms with Crippen LogP contribution in [0.3, 0.4) is 0 Å². The summed E-state index contributed by atoms with van der Waals surface area (Å²) in [5.74, 6) is -0.842.